The fourth-order valence-electron chi connectivity index (χ4n) is 2.39. The van der Waals surface area contributed by atoms with Crippen molar-refractivity contribution in [1.82, 2.24) is 16.0 Å². The van der Waals surface area contributed by atoms with Gasteiger partial charge in [-0.2, -0.15) is 0 Å². The Morgan fingerprint density at radius 1 is 1.33 bits per heavy atom. The lowest BCUT2D eigenvalue weighted by Crippen LogP contribution is -2.46. The second-order valence-electron chi connectivity index (χ2n) is 5.03. The fraction of sp³-hybridized carbons (Fsp3) is 0.400. The molecule has 1 aromatic rings. The fourth-order valence-corrected chi connectivity index (χ4v) is 2.39. The van der Waals surface area contributed by atoms with Gasteiger partial charge in [-0.1, -0.05) is 19.4 Å². The average Bonchev–Trinajstić information content (AvgIpc) is 2.94. The van der Waals surface area contributed by atoms with E-state index in [1.54, 1.807) is 6.07 Å². The van der Waals surface area contributed by atoms with Crippen LogP contribution in [0.1, 0.15) is 41.3 Å². The van der Waals surface area contributed by atoms with Gasteiger partial charge in [0, 0.05) is 18.7 Å². The highest BCUT2D eigenvalue weighted by Gasteiger charge is 2.21. The molecule has 6 heteroatoms. The maximum absolute atomic E-state index is 12.2. The number of carbonyl (C=O) groups is 3. The summed E-state index contributed by atoms with van der Waals surface area (Å²) in [7, 11) is 0. The van der Waals surface area contributed by atoms with E-state index in [-0.39, 0.29) is 5.91 Å². The first-order valence-electron chi connectivity index (χ1n) is 7.03. The van der Waals surface area contributed by atoms with E-state index >= 15 is 0 Å². The summed E-state index contributed by atoms with van der Waals surface area (Å²) in [6.45, 7) is 3.48. The van der Waals surface area contributed by atoms with Gasteiger partial charge in [0.25, 0.3) is 5.91 Å². The Kier molecular flexibility index (Phi) is 5.05. The molecule has 0 saturated carbocycles. The summed E-state index contributed by atoms with van der Waals surface area (Å²) in [5, 5.41) is 7.98. The van der Waals surface area contributed by atoms with Crippen molar-refractivity contribution in [3.63, 3.8) is 0 Å². The van der Waals surface area contributed by atoms with Crippen molar-refractivity contribution in [1.29, 1.82) is 0 Å². The molecule has 0 aliphatic carbocycles. The Morgan fingerprint density at radius 3 is 2.81 bits per heavy atom. The van der Waals surface area contributed by atoms with E-state index in [0.29, 0.717) is 18.4 Å². The molecule has 0 saturated heterocycles. The first-order valence-corrected chi connectivity index (χ1v) is 7.03. The lowest BCUT2D eigenvalue weighted by Gasteiger charge is -2.16. The Labute approximate surface area is 123 Å². The van der Waals surface area contributed by atoms with Crippen LogP contribution in [-0.2, 0) is 22.7 Å². The number of fused-ring (bicyclic) bond motifs is 1. The molecule has 0 fully saturated rings. The number of imide groups is 1. The summed E-state index contributed by atoms with van der Waals surface area (Å²) < 4.78 is 0. The molecule has 1 aromatic carbocycles. The summed E-state index contributed by atoms with van der Waals surface area (Å²) in [6.07, 6.45) is 1.54. The maximum Gasteiger partial charge on any atom is 0.251 e. The van der Waals surface area contributed by atoms with E-state index in [9.17, 15) is 14.4 Å². The third-order valence-corrected chi connectivity index (χ3v) is 3.50. The molecule has 0 aromatic heterocycles. The van der Waals surface area contributed by atoms with Crippen LogP contribution in [0.4, 0.5) is 0 Å². The third kappa shape index (κ3) is 3.66. The van der Waals surface area contributed by atoms with Gasteiger partial charge in [0.05, 0.1) is 0 Å². The van der Waals surface area contributed by atoms with Crippen LogP contribution in [0, 0.1) is 0 Å². The standard InChI is InChI=1S/C15H19N3O3/c1-2-3-13(15(21)17-9-19)18-14(20)10-4-5-11-7-16-8-12(11)6-10/h4-6,9,13,16H,2-3,7-8H2,1H3,(H,18,20)(H,17,19,21). The summed E-state index contributed by atoms with van der Waals surface area (Å²) in [5.41, 5.74) is 2.82. The van der Waals surface area contributed by atoms with Crippen LogP contribution >= 0.6 is 0 Å². The van der Waals surface area contributed by atoms with E-state index in [4.69, 9.17) is 0 Å². The molecule has 0 bridgehead atoms. The number of benzene rings is 1. The van der Waals surface area contributed by atoms with Gasteiger partial charge in [-0.15, -0.1) is 0 Å². The van der Waals surface area contributed by atoms with Gasteiger partial charge in [-0.25, -0.2) is 0 Å². The van der Waals surface area contributed by atoms with E-state index in [2.05, 4.69) is 16.0 Å². The van der Waals surface area contributed by atoms with Gasteiger partial charge in [0.1, 0.15) is 6.04 Å². The predicted octanol–water partition coefficient (Wildman–Crippen LogP) is 0.461. The molecule has 1 unspecified atom stereocenters. The second-order valence-corrected chi connectivity index (χ2v) is 5.03. The van der Waals surface area contributed by atoms with Crippen molar-refractivity contribution in [2.45, 2.75) is 38.9 Å². The van der Waals surface area contributed by atoms with E-state index in [1.807, 2.05) is 19.1 Å². The second kappa shape index (κ2) is 6.99. The van der Waals surface area contributed by atoms with Crippen molar-refractivity contribution in [2.75, 3.05) is 0 Å². The minimum atomic E-state index is -0.695. The Morgan fingerprint density at radius 2 is 2.10 bits per heavy atom. The topological polar surface area (TPSA) is 87.3 Å². The molecule has 1 aliphatic heterocycles. The molecule has 3 amide bonds. The number of rotatable bonds is 6. The molecular weight excluding hydrogens is 270 g/mol. The number of hydrogen-bond donors (Lipinski definition) is 3. The maximum atomic E-state index is 12.2. The summed E-state index contributed by atoms with van der Waals surface area (Å²) in [5.74, 6) is -0.785. The largest absolute Gasteiger partial charge is 0.340 e. The smallest absolute Gasteiger partial charge is 0.251 e. The zero-order chi connectivity index (χ0) is 15.2. The van der Waals surface area contributed by atoms with Crippen molar-refractivity contribution in [3.05, 3.63) is 34.9 Å². The Balaban J connectivity index is 2.07. The molecule has 6 nitrogen and oxygen atoms in total. The highest BCUT2D eigenvalue weighted by atomic mass is 16.2. The highest BCUT2D eigenvalue weighted by molar-refractivity contribution is 5.99. The predicted molar refractivity (Wildman–Crippen MR) is 77.4 cm³/mol. The van der Waals surface area contributed by atoms with Crippen LogP contribution < -0.4 is 16.0 Å². The molecule has 3 N–H and O–H groups in total. The van der Waals surface area contributed by atoms with Gasteiger partial charge >= 0.3 is 0 Å². The van der Waals surface area contributed by atoms with Gasteiger partial charge < -0.3 is 10.6 Å². The van der Waals surface area contributed by atoms with Crippen LogP contribution in [0.15, 0.2) is 18.2 Å². The summed E-state index contributed by atoms with van der Waals surface area (Å²) >= 11 is 0. The molecule has 2 rings (SSSR count). The normalized spacial score (nSPS) is 14.1. The Bertz CT molecular complexity index is 557. The monoisotopic (exact) mass is 289 g/mol. The van der Waals surface area contributed by atoms with Crippen molar-refractivity contribution in [2.24, 2.45) is 0 Å². The van der Waals surface area contributed by atoms with Crippen LogP contribution in [-0.4, -0.2) is 24.3 Å². The van der Waals surface area contributed by atoms with Gasteiger partial charge in [0.15, 0.2) is 0 Å². The average molecular weight is 289 g/mol. The number of amides is 3. The Hall–Kier alpha value is -2.21. The van der Waals surface area contributed by atoms with Crippen LogP contribution in [0.5, 0.6) is 0 Å². The van der Waals surface area contributed by atoms with Gasteiger partial charge in [0.2, 0.25) is 12.3 Å². The van der Waals surface area contributed by atoms with E-state index < -0.39 is 11.9 Å². The van der Waals surface area contributed by atoms with Crippen molar-refractivity contribution < 1.29 is 14.4 Å². The SMILES string of the molecule is CCCC(NC(=O)c1ccc2c(c1)CNC2)C(=O)NC=O. The zero-order valence-corrected chi connectivity index (χ0v) is 11.9. The molecule has 112 valence electrons. The van der Waals surface area contributed by atoms with Crippen LogP contribution in [0.25, 0.3) is 0 Å². The number of hydrogen-bond acceptors (Lipinski definition) is 4. The highest BCUT2D eigenvalue weighted by Crippen LogP contribution is 2.17. The summed E-state index contributed by atoms with van der Waals surface area (Å²) in [6, 6.07) is 4.82. The van der Waals surface area contributed by atoms with Gasteiger partial charge in [-0.05, 0) is 29.7 Å². The van der Waals surface area contributed by atoms with E-state index in [1.165, 1.54) is 5.56 Å². The quantitative estimate of drug-likeness (QED) is 0.664. The molecule has 0 radical (unpaired) electrons. The third-order valence-electron chi connectivity index (χ3n) is 3.50. The van der Waals surface area contributed by atoms with Crippen molar-refractivity contribution in [3.8, 4) is 0 Å². The molecular formula is C15H19N3O3. The lowest BCUT2D eigenvalue weighted by molar-refractivity contribution is -0.126. The van der Waals surface area contributed by atoms with Crippen LogP contribution in [0.2, 0.25) is 0 Å². The van der Waals surface area contributed by atoms with Gasteiger partial charge in [-0.3, -0.25) is 19.7 Å². The number of carbonyl (C=O) groups excluding carboxylic acids is 3. The zero-order valence-electron chi connectivity index (χ0n) is 11.9. The lowest BCUT2D eigenvalue weighted by atomic mass is 10.0. The first kappa shape index (κ1) is 15.2. The number of nitrogens with one attached hydrogen (secondary N) is 3. The molecule has 1 heterocycles. The molecule has 1 aliphatic rings. The molecule has 1 atom stereocenters. The summed E-state index contributed by atoms with van der Waals surface area (Å²) in [4.78, 5) is 34.3. The van der Waals surface area contributed by atoms with Crippen LogP contribution in [0.3, 0.4) is 0 Å². The van der Waals surface area contributed by atoms with E-state index in [0.717, 1.165) is 25.1 Å². The minimum Gasteiger partial charge on any atom is -0.340 e. The van der Waals surface area contributed by atoms with Crippen molar-refractivity contribution >= 4 is 18.2 Å². The minimum absolute atomic E-state index is 0.302. The molecule has 0 spiro atoms. The first-order chi connectivity index (χ1) is 10.2. The molecule has 21 heavy (non-hydrogen) atoms.